The summed E-state index contributed by atoms with van der Waals surface area (Å²) in [5, 5.41) is 9.28. The summed E-state index contributed by atoms with van der Waals surface area (Å²) in [6, 6.07) is -0.749. The second-order valence-corrected chi connectivity index (χ2v) is 7.83. The zero-order chi connectivity index (χ0) is 20.2. The zero-order valence-corrected chi connectivity index (χ0v) is 17.2. The second kappa shape index (κ2) is 11.6. The lowest BCUT2D eigenvalue weighted by Gasteiger charge is -2.26. The molecule has 0 radical (unpaired) electrons. The number of ether oxygens (including phenoxy) is 2. The van der Waals surface area contributed by atoms with Crippen LogP contribution in [-0.4, -0.2) is 48.8 Å². The van der Waals surface area contributed by atoms with E-state index >= 15 is 0 Å². The van der Waals surface area contributed by atoms with Gasteiger partial charge in [0.25, 0.3) is 0 Å². The molecule has 0 aliphatic carbocycles. The Kier molecular flexibility index (Phi) is 10.7. The third-order valence-corrected chi connectivity index (χ3v) is 2.79. The van der Waals surface area contributed by atoms with Gasteiger partial charge in [-0.2, -0.15) is 0 Å². The van der Waals surface area contributed by atoms with Crippen LogP contribution in [0.5, 0.6) is 0 Å². The molecule has 26 heavy (non-hydrogen) atoms. The number of alkyl carbamates (subject to hydrolysis) is 1. The first-order valence-corrected chi connectivity index (χ1v) is 9.04. The Balaban J connectivity index is 4.50. The Bertz CT molecular complexity index is 453. The smallest absolute Gasteiger partial charge is 0.408 e. The summed E-state index contributed by atoms with van der Waals surface area (Å²) < 4.78 is 10.6. The van der Waals surface area contributed by atoms with Crippen LogP contribution in [0.2, 0.25) is 0 Å². The average Bonchev–Trinajstić information content (AvgIpc) is 2.45. The third kappa shape index (κ3) is 14.4. The van der Waals surface area contributed by atoms with Crippen LogP contribution in [0.15, 0.2) is 5.16 Å². The Morgan fingerprint density at radius 1 is 1.04 bits per heavy atom. The molecule has 1 amide bonds. The zero-order valence-electron chi connectivity index (χ0n) is 17.2. The normalized spacial score (nSPS) is 13.2. The number of oxime groups is 1. The van der Waals surface area contributed by atoms with Crippen LogP contribution in [-0.2, 0) is 19.1 Å². The highest BCUT2D eigenvalue weighted by molar-refractivity contribution is 5.81. The van der Waals surface area contributed by atoms with Crippen LogP contribution in [0, 0.1) is 0 Å². The van der Waals surface area contributed by atoms with Crippen molar-refractivity contribution in [1.82, 2.24) is 10.6 Å². The number of rotatable bonds is 10. The SMILES string of the molecule is CCO/N=C/NCCCC[C@H](NC(=O)OC(C)(C)C)C(=O)OC(C)(C)C. The van der Waals surface area contributed by atoms with Gasteiger partial charge in [-0.15, -0.1) is 0 Å². The van der Waals surface area contributed by atoms with E-state index in [9.17, 15) is 9.59 Å². The molecule has 0 rings (SSSR count). The maximum atomic E-state index is 12.4. The summed E-state index contributed by atoms with van der Waals surface area (Å²) in [6.45, 7) is 13.7. The van der Waals surface area contributed by atoms with Crippen LogP contribution in [0.25, 0.3) is 0 Å². The summed E-state index contributed by atoms with van der Waals surface area (Å²) in [4.78, 5) is 29.2. The van der Waals surface area contributed by atoms with E-state index in [0.29, 0.717) is 19.6 Å². The molecule has 0 aromatic rings. The van der Waals surface area contributed by atoms with Gasteiger partial charge in [0.05, 0.1) is 0 Å². The fourth-order valence-electron chi connectivity index (χ4n) is 1.86. The topological polar surface area (TPSA) is 98.3 Å². The summed E-state index contributed by atoms with van der Waals surface area (Å²) >= 11 is 0. The predicted octanol–water partition coefficient (Wildman–Crippen LogP) is 2.96. The van der Waals surface area contributed by atoms with Gasteiger partial charge >= 0.3 is 12.1 Å². The summed E-state index contributed by atoms with van der Waals surface area (Å²) in [7, 11) is 0. The first-order valence-electron chi connectivity index (χ1n) is 9.04. The molecule has 0 aromatic carbocycles. The molecule has 0 heterocycles. The summed E-state index contributed by atoms with van der Waals surface area (Å²) in [5.41, 5.74) is -1.26. The second-order valence-electron chi connectivity index (χ2n) is 7.83. The van der Waals surface area contributed by atoms with Crippen molar-refractivity contribution >= 4 is 18.4 Å². The van der Waals surface area contributed by atoms with E-state index in [2.05, 4.69) is 15.8 Å². The predicted molar refractivity (Wildman–Crippen MR) is 101 cm³/mol. The van der Waals surface area contributed by atoms with Crippen LogP contribution in [0.3, 0.4) is 0 Å². The Labute approximate surface area is 157 Å². The number of hydrogen-bond donors (Lipinski definition) is 2. The highest BCUT2D eigenvalue weighted by atomic mass is 16.6. The van der Waals surface area contributed by atoms with Crippen molar-refractivity contribution in [3.05, 3.63) is 0 Å². The number of nitrogens with one attached hydrogen (secondary N) is 2. The lowest BCUT2D eigenvalue weighted by Crippen LogP contribution is -2.46. The van der Waals surface area contributed by atoms with Crippen molar-refractivity contribution in [3.63, 3.8) is 0 Å². The molecule has 0 unspecified atom stereocenters. The van der Waals surface area contributed by atoms with Crippen LogP contribution in [0.4, 0.5) is 4.79 Å². The maximum Gasteiger partial charge on any atom is 0.408 e. The fourth-order valence-corrected chi connectivity index (χ4v) is 1.86. The first-order chi connectivity index (χ1) is 11.9. The molecule has 0 aromatic heterocycles. The molecule has 0 aliphatic rings. The molecule has 0 spiro atoms. The minimum atomic E-state index is -0.749. The van der Waals surface area contributed by atoms with Gasteiger partial charge in [-0.1, -0.05) is 5.16 Å². The minimum absolute atomic E-state index is 0.457. The molecule has 0 aliphatic heterocycles. The number of unbranched alkanes of at least 4 members (excludes halogenated alkanes) is 1. The molecule has 0 fully saturated rings. The van der Waals surface area contributed by atoms with Crippen LogP contribution < -0.4 is 10.6 Å². The number of carbonyl (C=O) groups is 2. The van der Waals surface area contributed by atoms with Crippen molar-refractivity contribution in [3.8, 4) is 0 Å². The largest absolute Gasteiger partial charge is 0.458 e. The number of nitrogens with zero attached hydrogens (tertiary/aromatic N) is 1. The van der Waals surface area contributed by atoms with Gasteiger partial charge in [-0.05, 0) is 67.7 Å². The molecule has 152 valence electrons. The highest BCUT2D eigenvalue weighted by Gasteiger charge is 2.28. The van der Waals surface area contributed by atoms with Crippen molar-refractivity contribution < 1.29 is 23.9 Å². The number of carbonyl (C=O) groups excluding carboxylic acids is 2. The van der Waals surface area contributed by atoms with Crippen molar-refractivity contribution in [1.29, 1.82) is 0 Å². The molecule has 2 N–H and O–H groups in total. The molecule has 8 heteroatoms. The number of esters is 1. The quantitative estimate of drug-likeness (QED) is 0.201. The van der Waals surface area contributed by atoms with Gasteiger partial charge in [0.1, 0.15) is 30.2 Å². The molecular formula is C18H35N3O5. The fraction of sp³-hybridized carbons (Fsp3) is 0.833. The Morgan fingerprint density at radius 2 is 1.65 bits per heavy atom. The molecule has 8 nitrogen and oxygen atoms in total. The molecular weight excluding hydrogens is 338 g/mol. The van der Waals surface area contributed by atoms with E-state index in [4.69, 9.17) is 14.3 Å². The van der Waals surface area contributed by atoms with Gasteiger partial charge < -0.3 is 24.9 Å². The summed E-state index contributed by atoms with van der Waals surface area (Å²) in [5.74, 6) is -0.464. The lowest BCUT2D eigenvalue weighted by molar-refractivity contribution is -0.157. The van der Waals surface area contributed by atoms with E-state index in [1.807, 2.05) is 6.92 Å². The van der Waals surface area contributed by atoms with E-state index in [1.165, 1.54) is 6.34 Å². The molecule has 0 saturated heterocycles. The summed E-state index contributed by atoms with van der Waals surface area (Å²) in [6.07, 6.45) is 2.84. The van der Waals surface area contributed by atoms with E-state index in [1.54, 1.807) is 41.5 Å². The van der Waals surface area contributed by atoms with Gasteiger partial charge in [0.15, 0.2) is 0 Å². The lowest BCUT2D eigenvalue weighted by atomic mass is 10.1. The molecule has 0 bridgehead atoms. The first kappa shape index (κ1) is 24.0. The van der Waals surface area contributed by atoms with Crippen molar-refractivity contribution in [2.45, 2.75) is 85.0 Å². The van der Waals surface area contributed by atoms with E-state index in [-0.39, 0.29) is 0 Å². The Hall–Kier alpha value is -1.99. The Morgan fingerprint density at radius 3 is 2.19 bits per heavy atom. The minimum Gasteiger partial charge on any atom is -0.458 e. The molecule has 1 atom stereocenters. The van der Waals surface area contributed by atoms with Crippen molar-refractivity contribution in [2.75, 3.05) is 13.2 Å². The average molecular weight is 373 g/mol. The maximum absolute atomic E-state index is 12.4. The van der Waals surface area contributed by atoms with Gasteiger partial charge in [0.2, 0.25) is 0 Å². The van der Waals surface area contributed by atoms with Gasteiger partial charge in [-0.3, -0.25) is 0 Å². The van der Waals surface area contributed by atoms with E-state index in [0.717, 1.165) is 12.8 Å². The van der Waals surface area contributed by atoms with Crippen LogP contribution >= 0.6 is 0 Å². The highest BCUT2D eigenvalue weighted by Crippen LogP contribution is 2.13. The van der Waals surface area contributed by atoms with Gasteiger partial charge in [0, 0.05) is 6.54 Å². The third-order valence-electron chi connectivity index (χ3n) is 2.79. The number of hydrogen-bond acceptors (Lipinski definition) is 6. The van der Waals surface area contributed by atoms with E-state index < -0.39 is 29.3 Å². The monoisotopic (exact) mass is 373 g/mol. The number of amides is 1. The standard InChI is InChI=1S/C18H35N3O5/c1-8-24-20-13-19-12-10-9-11-14(15(22)25-17(2,3)4)21-16(23)26-18(5,6)7/h13-14H,8-12H2,1-7H3,(H,19,20)(H,21,23)/t14-/m0/s1. The van der Waals surface area contributed by atoms with Gasteiger partial charge in [-0.25, -0.2) is 9.59 Å². The van der Waals surface area contributed by atoms with Crippen molar-refractivity contribution in [2.24, 2.45) is 5.16 Å². The van der Waals surface area contributed by atoms with Crippen LogP contribution in [0.1, 0.15) is 67.7 Å². The molecule has 0 saturated carbocycles.